The van der Waals surface area contributed by atoms with Crippen molar-refractivity contribution in [2.45, 2.75) is 58.6 Å². The minimum atomic E-state index is 0.422. The van der Waals surface area contributed by atoms with Crippen LogP contribution in [0.3, 0.4) is 0 Å². The quantitative estimate of drug-likeness (QED) is 0.666. The molecule has 1 N–H and O–H groups in total. The third-order valence-corrected chi connectivity index (χ3v) is 5.05. The largest absolute Gasteiger partial charge is 0.378 e. The molecular formula is C20H31N3O. The minimum absolute atomic E-state index is 0.422. The van der Waals surface area contributed by atoms with E-state index in [0.717, 1.165) is 51.6 Å². The fraction of sp³-hybridized carbons (Fsp3) is 0.650. The number of nitrogens with zero attached hydrogens (tertiary/aromatic N) is 2. The van der Waals surface area contributed by atoms with Crippen LogP contribution in [0.4, 0.5) is 0 Å². The molecule has 0 bridgehead atoms. The van der Waals surface area contributed by atoms with Crippen LogP contribution in [0.5, 0.6) is 0 Å². The molecule has 0 aromatic heterocycles. The Labute approximate surface area is 146 Å². The van der Waals surface area contributed by atoms with Gasteiger partial charge in [0.05, 0.1) is 12.6 Å². The first-order valence-electron chi connectivity index (χ1n) is 9.55. The van der Waals surface area contributed by atoms with E-state index < -0.39 is 0 Å². The first kappa shape index (κ1) is 17.3. The van der Waals surface area contributed by atoms with Crippen molar-refractivity contribution < 1.29 is 4.74 Å². The predicted molar refractivity (Wildman–Crippen MR) is 99.5 cm³/mol. The van der Waals surface area contributed by atoms with Gasteiger partial charge >= 0.3 is 0 Å². The van der Waals surface area contributed by atoms with Gasteiger partial charge in [0, 0.05) is 26.2 Å². The molecule has 3 rings (SSSR count). The highest BCUT2D eigenvalue weighted by molar-refractivity contribution is 5.80. The predicted octanol–water partition coefficient (Wildman–Crippen LogP) is 3.14. The van der Waals surface area contributed by atoms with E-state index in [1.807, 2.05) is 0 Å². The lowest BCUT2D eigenvalue weighted by molar-refractivity contribution is 0.0263. The zero-order chi connectivity index (χ0) is 16.8. The second kappa shape index (κ2) is 8.52. The van der Waals surface area contributed by atoms with Crippen LogP contribution in [0.15, 0.2) is 23.2 Å². The van der Waals surface area contributed by atoms with Crippen molar-refractivity contribution in [2.24, 2.45) is 4.99 Å². The molecular weight excluding hydrogens is 298 g/mol. The Hall–Kier alpha value is -1.55. The van der Waals surface area contributed by atoms with Crippen LogP contribution in [0.2, 0.25) is 0 Å². The number of rotatable bonds is 5. The topological polar surface area (TPSA) is 36.9 Å². The number of aliphatic imine (C=N–C) groups is 1. The zero-order valence-electron chi connectivity index (χ0n) is 15.2. The summed E-state index contributed by atoms with van der Waals surface area (Å²) in [5.74, 6) is 1.05. The number of nitrogens with one attached hydrogen (secondary N) is 1. The molecule has 4 heteroatoms. The molecule has 1 fully saturated rings. The van der Waals surface area contributed by atoms with E-state index >= 15 is 0 Å². The second-order valence-corrected chi connectivity index (χ2v) is 6.77. The number of piperidine rings is 1. The molecule has 0 spiro atoms. The van der Waals surface area contributed by atoms with Crippen LogP contribution in [0, 0.1) is 0 Å². The van der Waals surface area contributed by atoms with Gasteiger partial charge in [-0.2, -0.15) is 0 Å². The molecule has 2 aliphatic rings. The van der Waals surface area contributed by atoms with Gasteiger partial charge in [-0.1, -0.05) is 18.2 Å². The Kier molecular flexibility index (Phi) is 6.13. The summed E-state index contributed by atoms with van der Waals surface area (Å²) in [6, 6.07) is 6.91. The molecule has 4 nitrogen and oxygen atoms in total. The summed E-state index contributed by atoms with van der Waals surface area (Å²) in [4.78, 5) is 7.28. The number of aryl methyl sites for hydroxylation is 2. The van der Waals surface area contributed by atoms with Gasteiger partial charge in [-0.3, -0.25) is 0 Å². The highest BCUT2D eigenvalue weighted by Gasteiger charge is 2.21. The van der Waals surface area contributed by atoms with Crippen molar-refractivity contribution in [1.29, 1.82) is 0 Å². The average molecular weight is 329 g/mol. The smallest absolute Gasteiger partial charge is 0.194 e. The molecule has 0 radical (unpaired) electrons. The first-order chi connectivity index (χ1) is 11.8. The van der Waals surface area contributed by atoms with Crippen LogP contribution >= 0.6 is 0 Å². The number of ether oxygens (including phenoxy) is 1. The number of hydrogen-bond acceptors (Lipinski definition) is 2. The molecule has 132 valence electrons. The fourth-order valence-electron chi connectivity index (χ4n) is 3.79. The lowest BCUT2D eigenvalue weighted by atomic mass is 10.1. The van der Waals surface area contributed by atoms with Crippen molar-refractivity contribution in [3.63, 3.8) is 0 Å². The van der Waals surface area contributed by atoms with E-state index in [9.17, 15) is 0 Å². The third-order valence-electron chi connectivity index (χ3n) is 5.05. The highest BCUT2D eigenvalue weighted by atomic mass is 16.5. The number of likely N-dealkylation sites (tertiary alicyclic amines) is 1. The number of guanidine groups is 1. The molecule has 1 aliphatic heterocycles. The molecule has 1 heterocycles. The van der Waals surface area contributed by atoms with Crippen LogP contribution < -0.4 is 5.32 Å². The number of benzene rings is 1. The minimum Gasteiger partial charge on any atom is -0.378 e. The van der Waals surface area contributed by atoms with Gasteiger partial charge in [-0.25, -0.2) is 4.99 Å². The third kappa shape index (κ3) is 4.29. The van der Waals surface area contributed by atoms with Crippen LogP contribution in [-0.4, -0.2) is 43.2 Å². The van der Waals surface area contributed by atoms with E-state index in [1.165, 1.54) is 36.0 Å². The second-order valence-electron chi connectivity index (χ2n) is 6.77. The standard InChI is InChI=1S/C20H31N3O/c1-3-21-20(23-12-10-19(11-13-23)24-4-2)22-15-16-8-9-17-6-5-7-18(17)14-16/h8-9,14,19H,3-7,10-13,15H2,1-2H3,(H,21,22). The molecule has 0 saturated carbocycles. The molecule has 1 aliphatic carbocycles. The SMILES string of the molecule is CCNC(=NCc1ccc2c(c1)CCC2)N1CCC(OCC)CC1. The van der Waals surface area contributed by atoms with E-state index in [0.29, 0.717) is 6.10 Å². The van der Waals surface area contributed by atoms with Crippen molar-refractivity contribution in [3.8, 4) is 0 Å². The molecule has 0 amide bonds. The monoisotopic (exact) mass is 329 g/mol. The van der Waals surface area contributed by atoms with E-state index in [1.54, 1.807) is 0 Å². The van der Waals surface area contributed by atoms with Crippen molar-refractivity contribution >= 4 is 5.96 Å². The summed E-state index contributed by atoms with van der Waals surface area (Å²) in [6.45, 7) is 8.76. The normalized spacial score (nSPS) is 18.8. The molecule has 24 heavy (non-hydrogen) atoms. The zero-order valence-corrected chi connectivity index (χ0v) is 15.2. The molecule has 1 aromatic rings. The molecule has 1 saturated heterocycles. The maximum Gasteiger partial charge on any atom is 0.194 e. The lowest BCUT2D eigenvalue weighted by Crippen LogP contribution is -2.47. The Morgan fingerprint density at radius 3 is 2.75 bits per heavy atom. The Balaban J connectivity index is 1.61. The van der Waals surface area contributed by atoms with Gasteiger partial charge in [0.25, 0.3) is 0 Å². The molecule has 0 unspecified atom stereocenters. The number of fused-ring (bicyclic) bond motifs is 1. The van der Waals surface area contributed by atoms with Crippen LogP contribution in [0.1, 0.15) is 49.8 Å². The Morgan fingerprint density at radius 1 is 1.21 bits per heavy atom. The van der Waals surface area contributed by atoms with E-state index in [4.69, 9.17) is 9.73 Å². The molecule has 0 atom stereocenters. The average Bonchev–Trinajstić information content (AvgIpc) is 3.07. The van der Waals surface area contributed by atoms with Gasteiger partial charge in [-0.15, -0.1) is 0 Å². The van der Waals surface area contributed by atoms with Gasteiger partial charge in [-0.05, 0) is 62.6 Å². The van der Waals surface area contributed by atoms with Crippen LogP contribution in [-0.2, 0) is 24.1 Å². The Bertz CT molecular complexity index is 562. The summed E-state index contributed by atoms with van der Waals surface area (Å²) in [5.41, 5.74) is 4.40. The lowest BCUT2D eigenvalue weighted by Gasteiger charge is -2.34. The van der Waals surface area contributed by atoms with Gasteiger partial charge < -0.3 is 15.0 Å². The van der Waals surface area contributed by atoms with Gasteiger partial charge in [0.2, 0.25) is 0 Å². The molecule has 1 aromatic carbocycles. The summed E-state index contributed by atoms with van der Waals surface area (Å²) in [5, 5.41) is 3.46. The number of hydrogen-bond donors (Lipinski definition) is 1. The van der Waals surface area contributed by atoms with Gasteiger partial charge in [0.1, 0.15) is 0 Å². The summed E-state index contributed by atoms with van der Waals surface area (Å²) >= 11 is 0. The summed E-state index contributed by atoms with van der Waals surface area (Å²) in [6.07, 6.45) is 6.40. The van der Waals surface area contributed by atoms with Crippen LogP contribution in [0.25, 0.3) is 0 Å². The van der Waals surface area contributed by atoms with Gasteiger partial charge in [0.15, 0.2) is 5.96 Å². The summed E-state index contributed by atoms with van der Waals surface area (Å²) in [7, 11) is 0. The van der Waals surface area contributed by atoms with Crippen molar-refractivity contribution in [2.75, 3.05) is 26.2 Å². The first-order valence-corrected chi connectivity index (χ1v) is 9.55. The highest BCUT2D eigenvalue weighted by Crippen LogP contribution is 2.23. The van der Waals surface area contributed by atoms with Crippen molar-refractivity contribution in [1.82, 2.24) is 10.2 Å². The Morgan fingerprint density at radius 2 is 2.00 bits per heavy atom. The van der Waals surface area contributed by atoms with E-state index in [-0.39, 0.29) is 0 Å². The fourth-order valence-corrected chi connectivity index (χ4v) is 3.79. The summed E-state index contributed by atoms with van der Waals surface area (Å²) < 4.78 is 5.76. The van der Waals surface area contributed by atoms with Crippen molar-refractivity contribution in [3.05, 3.63) is 34.9 Å². The maximum atomic E-state index is 5.76. The van der Waals surface area contributed by atoms with E-state index in [2.05, 4.69) is 42.3 Å². The maximum absolute atomic E-state index is 5.76.